The summed E-state index contributed by atoms with van der Waals surface area (Å²) in [6.45, 7) is 3.56. The van der Waals surface area contributed by atoms with E-state index >= 15 is 0 Å². The van der Waals surface area contributed by atoms with Gasteiger partial charge in [-0.15, -0.1) is 0 Å². The zero-order chi connectivity index (χ0) is 17.3. The number of sulfonamides is 1. The van der Waals surface area contributed by atoms with Crippen molar-refractivity contribution >= 4 is 27.3 Å². The summed E-state index contributed by atoms with van der Waals surface area (Å²) in [5, 5.41) is 8.45. The van der Waals surface area contributed by atoms with Crippen LogP contribution in [-0.4, -0.2) is 23.4 Å². The number of halogens is 1. The predicted octanol–water partition coefficient (Wildman–Crippen LogP) is 2.99. The van der Waals surface area contributed by atoms with Crippen molar-refractivity contribution in [2.75, 3.05) is 4.72 Å². The summed E-state index contributed by atoms with van der Waals surface area (Å²) in [6.07, 6.45) is 3.03. The number of aryl methyl sites for hydroxylation is 2. The number of nitrogens with zero attached hydrogens (tertiary/aromatic N) is 3. The van der Waals surface area contributed by atoms with Crippen LogP contribution in [0.2, 0.25) is 5.02 Å². The van der Waals surface area contributed by atoms with Gasteiger partial charge in [-0.3, -0.25) is 9.40 Å². The maximum absolute atomic E-state index is 12.5. The lowest BCUT2D eigenvalue weighted by Crippen LogP contribution is -2.14. The molecular formula is C15H15ClN4O3S. The molecule has 0 spiro atoms. The Bertz CT molecular complexity index is 959. The number of nitrogens with one attached hydrogen (secondary N) is 1. The first-order valence-corrected chi connectivity index (χ1v) is 8.94. The van der Waals surface area contributed by atoms with E-state index < -0.39 is 10.0 Å². The van der Waals surface area contributed by atoms with E-state index in [1.54, 1.807) is 30.8 Å². The van der Waals surface area contributed by atoms with Crippen LogP contribution >= 0.6 is 11.6 Å². The molecule has 0 unspecified atom stereocenters. The minimum atomic E-state index is -3.78. The molecule has 0 radical (unpaired) electrons. The average molecular weight is 367 g/mol. The highest BCUT2D eigenvalue weighted by atomic mass is 35.5. The monoisotopic (exact) mass is 366 g/mol. The van der Waals surface area contributed by atoms with E-state index in [1.807, 2.05) is 18.2 Å². The highest BCUT2D eigenvalue weighted by Gasteiger charge is 2.24. The zero-order valence-electron chi connectivity index (χ0n) is 13.0. The van der Waals surface area contributed by atoms with E-state index in [9.17, 15) is 8.42 Å². The van der Waals surface area contributed by atoms with Crippen molar-refractivity contribution in [3.63, 3.8) is 0 Å². The van der Waals surface area contributed by atoms with Crippen molar-refractivity contribution in [3.05, 3.63) is 58.7 Å². The van der Waals surface area contributed by atoms with Crippen molar-refractivity contribution in [1.29, 1.82) is 0 Å². The summed E-state index contributed by atoms with van der Waals surface area (Å²) < 4.78 is 33.9. The second-order valence-electron chi connectivity index (χ2n) is 5.28. The Morgan fingerprint density at radius 1 is 1.29 bits per heavy atom. The van der Waals surface area contributed by atoms with Crippen LogP contribution in [0.1, 0.15) is 17.0 Å². The van der Waals surface area contributed by atoms with Crippen molar-refractivity contribution in [3.8, 4) is 0 Å². The van der Waals surface area contributed by atoms with E-state index in [1.165, 1.54) is 6.20 Å². The molecule has 0 aliphatic heterocycles. The first kappa shape index (κ1) is 16.5. The molecular weight excluding hydrogens is 352 g/mol. The highest BCUT2D eigenvalue weighted by molar-refractivity contribution is 7.92. The molecule has 1 aromatic carbocycles. The summed E-state index contributed by atoms with van der Waals surface area (Å²) in [6, 6.07) is 7.41. The molecule has 2 aromatic heterocycles. The van der Waals surface area contributed by atoms with Crippen LogP contribution in [0, 0.1) is 13.8 Å². The smallest absolute Gasteiger partial charge is 0.267 e. The van der Waals surface area contributed by atoms with Crippen LogP contribution < -0.4 is 4.72 Å². The van der Waals surface area contributed by atoms with Gasteiger partial charge in [0.05, 0.1) is 18.4 Å². The minimum absolute atomic E-state index is 0.0429. The molecule has 0 saturated heterocycles. The molecule has 0 bridgehead atoms. The van der Waals surface area contributed by atoms with Crippen LogP contribution in [-0.2, 0) is 16.6 Å². The standard InChI is InChI=1S/C15H15ClN4O3S/c1-10-15(11(2)23-18-10)24(21,22)19-13-7-17-20(9-13)8-12-5-3-4-6-14(12)16/h3-7,9,19H,8H2,1-2H3. The quantitative estimate of drug-likeness (QED) is 0.749. The Balaban J connectivity index is 1.80. The van der Waals surface area contributed by atoms with Gasteiger partial charge >= 0.3 is 0 Å². The van der Waals surface area contributed by atoms with Crippen molar-refractivity contribution in [1.82, 2.24) is 14.9 Å². The van der Waals surface area contributed by atoms with Crippen molar-refractivity contribution < 1.29 is 12.9 Å². The molecule has 7 nitrogen and oxygen atoms in total. The molecule has 24 heavy (non-hydrogen) atoms. The molecule has 0 fully saturated rings. The third-order valence-corrected chi connectivity index (χ3v) is 5.41. The molecule has 0 saturated carbocycles. The minimum Gasteiger partial charge on any atom is -0.360 e. The largest absolute Gasteiger partial charge is 0.360 e. The Kier molecular flexibility index (Phi) is 4.33. The summed E-state index contributed by atoms with van der Waals surface area (Å²) in [4.78, 5) is 0.0429. The van der Waals surface area contributed by atoms with Gasteiger partial charge in [-0.2, -0.15) is 5.10 Å². The van der Waals surface area contributed by atoms with Crippen LogP contribution in [0.25, 0.3) is 0 Å². The molecule has 2 heterocycles. The average Bonchev–Trinajstić information content (AvgIpc) is 3.08. The number of aromatic nitrogens is 3. The first-order chi connectivity index (χ1) is 11.4. The lowest BCUT2D eigenvalue weighted by Gasteiger charge is -2.05. The number of anilines is 1. The van der Waals surface area contributed by atoms with Crippen molar-refractivity contribution in [2.45, 2.75) is 25.3 Å². The molecule has 3 aromatic rings. The van der Waals surface area contributed by atoms with Gasteiger partial charge in [0.1, 0.15) is 5.69 Å². The third kappa shape index (κ3) is 3.29. The fourth-order valence-corrected chi connectivity index (χ4v) is 3.92. The zero-order valence-corrected chi connectivity index (χ0v) is 14.6. The fraction of sp³-hybridized carbons (Fsp3) is 0.200. The Labute approximate surface area is 144 Å². The van der Waals surface area contributed by atoms with Crippen LogP contribution in [0.4, 0.5) is 5.69 Å². The van der Waals surface area contributed by atoms with Crippen LogP contribution in [0.3, 0.4) is 0 Å². The molecule has 0 atom stereocenters. The van der Waals surface area contributed by atoms with Crippen LogP contribution in [0.5, 0.6) is 0 Å². The van der Waals surface area contributed by atoms with Gasteiger partial charge in [-0.05, 0) is 25.5 Å². The van der Waals surface area contributed by atoms with Gasteiger partial charge in [0.2, 0.25) is 0 Å². The summed E-state index contributed by atoms with van der Waals surface area (Å²) in [5.41, 5.74) is 1.55. The fourth-order valence-electron chi connectivity index (χ4n) is 2.37. The highest BCUT2D eigenvalue weighted by Crippen LogP contribution is 2.22. The van der Waals surface area contributed by atoms with Gasteiger partial charge < -0.3 is 4.52 Å². The summed E-state index contributed by atoms with van der Waals surface area (Å²) in [5.74, 6) is 0.239. The van der Waals surface area contributed by atoms with Crippen LogP contribution in [0.15, 0.2) is 46.1 Å². The molecule has 1 N–H and O–H groups in total. The first-order valence-electron chi connectivity index (χ1n) is 7.08. The maximum atomic E-state index is 12.5. The number of hydrogen-bond donors (Lipinski definition) is 1. The number of benzene rings is 1. The third-order valence-electron chi connectivity index (χ3n) is 3.41. The molecule has 126 valence electrons. The van der Waals surface area contributed by atoms with Gasteiger partial charge in [0.15, 0.2) is 10.7 Å². The normalized spacial score (nSPS) is 11.6. The molecule has 0 aliphatic rings. The SMILES string of the molecule is Cc1noc(C)c1S(=O)(=O)Nc1cnn(Cc2ccccc2Cl)c1. The second-order valence-corrected chi connectivity index (χ2v) is 7.30. The van der Waals surface area contributed by atoms with Gasteiger partial charge in [-0.25, -0.2) is 8.42 Å². The molecule has 9 heteroatoms. The van der Waals surface area contributed by atoms with Gasteiger partial charge in [-0.1, -0.05) is 35.0 Å². The Hall–Kier alpha value is -2.32. The van der Waals surface area contributed by atoms with Crippen molar-refractivity contribution in [2.24, 2.45) is 0 Å². The maximum Gasteiger partial charge on any atom is 0.267 e. The van der Waals surface area contributed by atoms with E-state index in [0.717, 1.165) is 5.56 Å². The molecule has 0 aliphatic carbocycles. The van der Waals surface area contributed by atoms with E-state index in [4.69, 9.17) is 16.1 Å². The topological polar surface area (TPSA) is 90.0 Å². The second kappa shape index (κ2) is 6.29. The lowest BCUT2D eigenvalue weighted by molar-refractivity contribution is 0.390. The molecule has 3 rings (SSSR count). The van der Waals surface area contributed by atoms with Gasteiger partial charge in [0.25, 0.3) is 10.0 Å². The van der Waals surface area contributed by atoms with E-state index in [2.05, 4.69) is 15.0 Å². The Morgan fingerprint density at radius 3 is 2.71 bits per heavy atom. The summed E-state index contributed by atoms with van der Waals surface area (Å²) >= 11 is 6.12. The van der Waals surface area contributed by atoms with E-state index in [-0.39, 0.29) is 10.7 Å². The predicted molar refractivity (Wildman–Crippen MR) is 89.6 cm³/mol. The number of rotatable bonds is 5. The lowest BCUT2D eigenvalue weighted by atomic mass is 10.2. The Morgan fingerprint density at radius 2 is 2.04 bits per heavy atom. The summed E-state index contributed by atoms with van der Waals surface area (Å²) in [7, 11) is -3.78. The van der Waals surface area contributed by atoms with E-state index in [0.29, 0.717) is 22.9 Å². The number of hydrogen-bond acceptors (Lipinski definition) is 5. The van der Waals surface area contributed by atoms with Gasteiger partial charge in [0, 0.05) is 11.2 Å². The molecule has 0 amide bonds.